The fraction of sp³-hybridized carbons (Fsp3) is 0.233. The maximum atomic E-state index is 14.3. The van der Waals surface area contributed by atoms with Gasteiger partial charge in [0.25, 0.3) is 11.8 Å². The van der Waals surface area contributed by atoms with Crippen molar-refractivity contribution in [1.82, 2.24) is 9.29 Å². The number of nitrogens with zero attached hydrogens (tertiary/aromatic N) is 3. The van der Waals surface area contributed by atoms with Crippen LogP contribution in [0.1, 0.15) is 37.7 Å². The topological polar surface area (TPSA) is 97.8 Å². The van der Waals surface area contributed by atoms with Crippen molar-refractivity contribution in [1.29, 1.82) is 0 Å². The first-order chi connectivity index (χ1) is 19.9. The minimum atomic E-state index is -0.474. The number of carbonyl (C=O) groups excluding carboxylic acids is 2. The number of pyridine rings is 1. The number of hydrogen-bond donors (Lipinski definition) is 3. The van der Waals surface area contributed by atoms with Crippen molar-refractivity contribution in [2.24, 2.45) is 0 Å². The number of aryl methyl sites for hydroxylation is 1. The molecule has 0 saturated carbocycles. The Morgan fingerprint density at radius 3 is 2.73 bits per heavy atom. The molecule has 2 aliphatic heterocycles. The van der Waals surface area contributed by atoms with Gasteiger partial charge in [0.1, 0.15) is 17.3 Å². The molecule has 0 spiro atoms. The van der Waals surface area contributed by atoms with Crippen LogP contribution in [0, 0.1) is 12.7 Å². The van der Waals surface area contributed by atoms with E-state index in [1.54, 1.807) is 30.0 Å². The number of benzene rings is 2. The van der Waals surface area contributed by atoms with Crippen molar-refractivity contribution >= 4 is 52.6 Å². The van der Waals surface area contributed by atoms with Crippen molar-refractivity contribution < 1.29 is 18.5 Å². The van der Waals surface area contributed by atoms with E-state index in [1.807, 2.05) is 46.8 Å². The molecular weight excluding hydrogens is 561 g/mol. The number of halogens is 1. The van der Waals surface area contributed by atoms with Gasteiger partial charge < -0.3 is 20.1 Å². The molecule has 210 valence electrons. The lowest BCUT2D eigenvalue weighted by Crippen LogP contribution is -2.33. The van der Waals surface area contributed by atoms with Crippen LogP contribution < -0.4 is 15.5 Å². The summed E-state index contributed by atoms with van der Waals surface area (Å²) in [4.78, 5) is 34.7. The van der Waals surface area contributed by atoms with Gasteiger partial charge in [-0.15, -0.1) is 11.3 Å². The number of hydrogen-bond acceptors (Lipinski definition) is 8. The van der Waals surface area contributed by atoms with Gasteiger partial charge in [0.2, 0.25) is 0 Å². The molecule has 0 radical (unpaired) electrons. The van der Waals surface area contributed by atoms with Gasteiger partial charge in [-0.2, -0.15) is 0 Å². The Balaban J connectivity index is 1.25. The van der Waals surface area contributed by atoms with Gasteiger partial charge in [-0.1, -0.05) is 36.4 Å². The van der Waals surface area contributed by atoms with E-state index in [-0.39, 0.29) is 23.5 Å². The van der Waals surface area contributed by atoms with Gasteiger partial charge in [-0.25, -0.2) is 13.7 Å². The average molecular weight is 590 g/mol. The van der Waals surface area contributed by atoms with E-state index in [0.29, 0.717) is 41.5 Å². The molecule has 6 rings (SSSR count). The molecule has 1 saturated heterocycles. The Hall–Kier alpha value is -3.77. The molecule has 1 atom stereocenters. The van der Waals surface area contributed by atoms with Crippen LogP contribution >= 0.6 is 23.6 Å². The lowest BCUT2D eigenvalue weighted by Gasteiger charge is -2.23. The van der Waals surface area contributed by atoms with Crippen molar-refractivity contribution in [3.63, 3.8) is 0 Å². The molecule has 41 heavy (non-hydrogen) atoms. The SMILES string of the molecule is Cc1cccc(F)c1NC(=O)c1cc2c(s1)-c1ccccc1N(C(=O)c1cccc(NC3CCN(SO)C3)n1)CC2. The van der Waals surface area contributed by atoms with Gasteiger partial charge in [-0.05, 0) is 61.2 Å². The molecule has 2 aliphatic rings. The van der Waals surface area contributed by atoms with Gasteiger partial charge in [0, 0.05) is 36.1 Å². The Morgan fingerprint density at radius 1 is 1.10 bits per heavy atom. The largest absolute Gasteiger partial charge is 0.366 e. The van der Waals surface area contributed by atoms with E-state index >= 15 is 0 Å². The van der Waals surface area contributed by atoms with Crippen molar-refractivity contribution in [3.05, 3.63) is 94.2 Å². The van der Waals surface area contributed by atoms with Crippen LogP contribution in [-0.2, 0) is 6.42 Å². The second-order valence-electron chi connectivity index (χ2n) is 10.1. The van der Waals surface area contributed by atoms with Crippen LogP contribution in [0.15, 0.2) is 66.7 Å². The van der Waals surface area contributed by atoms with Crippen LogP contribution in [-0.4, -0.2) is 51.3 Å². The molecule has 0 aliphatic carbocycles. The second-order valence-corrected chi connectivity index (χ2v) is 11.8. The third-order valence-electron chi connectivity index (χ3n) is 7.37. The number of nitrogens with one attached hydrogen (secondary N) is 2. The van der Waals surface area contributed by atoms with Crippen molar-refractivity contribution in [2.75, 3.05) is 35.2 Å². The van der Waals surface area contributed by atoms with Crippen LogP contribution in [0.2, 0.25) is 0 Å². The van der Waals surface area contributed by atoms with Gasteiger partial charge >= 0.3 is 0 Å². The minimum Gasteiger partial charge on any atom is -0.366 e. The summed E-state index contributed by atoms with van der Waals surface area (Å²) in [6, 6.07) is 19.7. The minimum absolute atomic E-state index is 0.135. The van der Waals surface area contributed by atoms with E-state index in [1.165, 1.54) is 17.4 Å². The maximum Gasteiger partial charge on any atom is 0.276 e. The summed E-state index contributed by atoms with van der Waals surface area (Å²) >= 11 is 2.08. The zero-order valence-corrected chi connectivity index (χ0v) is 23.9. The van der Waals surface area contributed by atoms with Crippen molar-refractivity contribution in [3.8, 4) is 10.4 Å². The Kier molecular flexibility index (Phi) is 7.76. The van der Waals surface area contributed by atoms with E-state index in [0.717, 1.165) is 46.9 Å². The first-order valence-corrected chi connectivity index (χ1v) is 14.9. The van der Waals surface area contributed by atoms with Crippen molar-refractivity contribution in [2.45, 2.75) is 25.8 Å². The smallest absolute Gasteiger partial charge is 0.276 e. The fourth-order valence-electron chi connectivity index (χ4n) is 5.29. The van der Waals surface area contributed by atoms with Crippen LogP contribution in [0.4, 0.5) is 21.6 Å². The summed E-state index contributed by atoms with van der Waals surface area (Å²) in [5.74, 6) is -0.423. The first kappa shape index (κ1) is 27.4. The van der Waals surface area contributed by atoms with Gasteiger partial charge in [0.15, 0.2) is 0 Å². The van der Waals surface area contributed by atoms with Crippen LogP contribution in [0.3, 0.4) is 0 Å². The average Bonchev–Trinajstić information content (AvgIpc) is 3.59. The maximum absolute atomic E-state index is 14.3. The van der Waals surface area contributed by atoms with Gasteiger partial charge in [0.05, 0.1) is 28.5 Å². The molecule has 2 aromatic heterocycles. The summed E-state index contributed by atoms with van der Waals surface area (Å²) in [5, 5.41) is 6.11. The highest BCUT2D eigenvalue weighted by Crippen LogP contribution is 2.42. The number of fused-ring (bicyclic) bond motifs is 3. The number of aromatic nitrogens is 1. The van der Waals surface area contributed by atoms with Crippen LogP contribution in [0.25, 0.3) is 10.4 Å². The molecule has 0 bridgehead atoms. The Labute approximate surface area is 245 Å². The summed E-state index contributed by atoms with van der Waals surface area (Å²) in [6.45, 7) is 3.63. The number of carbonyl (C=O) groups is 2. The molecule has 11 heteroatoms. The fourth-order valence-corrected chi connectivity index (χ4v) is 6.86. The van der Waals surface area contributed by atoms with E-state index in [9.17, 15) is 18.5 Å². The molecular formula is C30H28FN5O3S2. The molecule has 4 aromatic rings. The number of anilines is 3. The monoisotopic (exact) mass is 589 g/mol. The number of para-hydroxylation sites is 2. The number of amides is 2. The molecule has 2 aromatic carbocycles. The molecule has 1 unspecified atom stereocenters. The lowest BCUT2D eigenvalue weighted by molar-refractivity contribution is 0.0981. The van der Waals surface area contributed by atoms with E-state index < -0.39 is 5.82 Å². The van der Waals surface area contributed by atoms with Crippen LogP contribution in [0.5, 0.6) is 0 Å². The summed E-state index contributed by atoms with van der Waals surface area (Å²) in [7, 11) is 0. The second kappa shape index (κ2) is 11.6. The quantitative estimate of drug-likeness (QED) is 0.179. The molecule has 3 N–H and O–H groups in total. The van der Waals surface area contributed by atoms with Gasteiger partial charge in [-0.3, -0.25) is 9.59 Å². The summed E-state index contributed by atoms with van der Waals surface area (Å²) < 4.78 is 25.5. The molecule has 1 fully saturated rings. The number of thiophene rings is 1. The third-order valence-corrected chi connectivity index (χ3v) is 9.14. The highest BCUT2D eigenvalue weighted by molar-refractivity contribution is 7.91. The lowest BCUT2D eigenvalue weighted by atomic mass is 10.1. The molecule has 2 amide bonds. The predicted molar refractivity (Wildman–Crippen MR) is 162 cm³/mol. The summed E-state index contributed by atoms with van der Waals surface area (Å²) in [5.41, 5.74) is 3.74. The first-order valence-electron chi connectivity index (χ1n) is 13.3. The zero-order chi connectivity index (χ0) is 28.5. The highest BCUT2D eigenvalue weighted by Gasteiger charge is 2.29. The predicted octanol–water partition coefficient (Wildman–Crippen LogP) is 6.32. The molecule has 4 heterocycles. The number of rotatable bonds is 6. The Morgan fingerprint density at radius 2 is 1.93 bits per heavy atom. The normalized spacial score (nSPS) is 16.6. The van der Waals surface area contributed by atoms with E-state index in [2.05, 4.69) is 15.6 Å². The highest BCUT2D eigenvalue weighted by atomic mass is 32.2. The van der Waals surface area contributed by atoms with E-state index in [4.69, 9.17) is 0 Å². The molecule has 8 nitrogen and oxygen atoms in total. The standard InChI is InChI=1S/C30H28FN5O3S2/c1-18-6-4-8-22(31)27(18)34-29(37)25-16-19-12-15-36(24-10-3-2-7-21(24)28(19)40-25)30(38)23-9-5-11-26(33-23)32-20-13-14-35(17-20)41-39/h2-11,16,20,39H,12-15,17H2,1H3,(H,32,33)(H,34,37). The Bertz CT molecular complexity index is 1610. The summed E-state index contributed by atoms with van der Waals surface area (Å²) in [6.07, 6.45) is 1.42. The zero-order valence-electron chi connectivity index (χ0n) is 22.3. The third kappa shape index (κ3) is 5.58.